The van der Waals surface area contributed by atoms with Gasteiger partial charge in [-0.05, 0) is 15.9 Å². The molecule has 0 spiro atoms. The Kier molecular flexibility index (Phi) is 4.22. The maximum absolute atomic E-state index is 12.2. The molecular formula is C5H2BrF7O. The van der Waals surface area contributed by atoms with Gasteiger partial charge in [-0.3, -0.25) is 0 Å². The Morgan fingerprint density at radius 3 is 1.79 bits per heavy atom. The highest BCUT2D eigenvalue weighted by Gasteiger charge is 2.55. The third-order valence-electron chi connectivity index (χ3n) is 0.943. The van der Waals surface area contributed by atoms with E-state index in [2.05, 4.69) is 4.74 Å². The van der Waals surface area contributed by atoms with E-state index >= 15 is 0 Å². The molecule has 0 aromatic rings. The minimum Gasteiger partial charge on any atom is -0.460 e. The minimum atomic E-state index is -4.79. The minimum absolute atomic E-state index is 1.30. The Balaban J connectivity index is 4.35. The highest BCUT2D eigenvalue weighted by Crippen LogP contribution is 2.39. The highest BCUT2D eigenvalue weighted by molar-refractivity contribution is 9.10. The smallest absolute Gasteiger partial charge is 0.366 e. The summed E-state index contributed by atoms with van der Waals surface area (Å²) in [5.74, 6) is -4.79. The lowest BCUT2D eigenvalue weighted by Crippen LogP contribution is -2.39. The highest BCUT2D eigenvalue weighted by atomic mass is 79.9. The van der Waals surface area contributed by atoms with Crippen LogP contribution in [0.2, 0.25) is 0 Å². The molecule has 0 amide bonds. The predicted molar refractivity (Wildman–Crippen MR) is 35.1 cm³/mol. The number of rotatable bonds is 4. The van der Waals surface area contributed by atoms with Crippen LogP contribution in [0.4, 0.5) is 30.7 Å². The molecule has 0 aliphatic rings. The molecule has 0 unspecified atom stereocenters. The van der Waals surface area contributed by atoms with Gasteiger partial charge in [-0.1, -0.05) is 0 Å². The maximum atomic E-state index is 12.2. The van der Waals surface area contributed by atoms with Crippen molar-refractivity contribution < 1.29 is 35.5 Å². The maximum Gasteiger partial charge on any atom is 0.366 e. The quantitative estimate of drug-likeness (QED) is 0.436. The molecule has 0 aliphatic carbocycles. The molecule has 0 bridgehead atoms. The summed E-state index contributed by atoms with van der Waals surface area (Å²) in [5.41, 5.74) is 0. The van der Waals surface area contributed by atoms with Crippen LogP contribution in [-0.4, -0.2) is 17.4 Å². The molecule has 14 heavy (non-hydrogen) atoms. The second kappa shape index (κ2) is 4.37. The van der Waals surface area contributed by atoms with Crippen molar-refractivity contribution in [2.75, 3.05) is 6.61 Å². The van der Waals surface area contributed by atoms with Crippen LogP contribution in [0.3, 0.4) is 0 Å². The third-order valence-corrected chi connectivity index (χ3v) is 1.52. The second-order valence-corrected chi connectivity index (χ2v) is 3.02. The van der Waals surface area contributed by atoms with Crippen molar-refractivity contribution in [1.82, 2.24) is 0 Å². The van der Waals surface area contributed by atoms with Crippen molar-refractivity contribution in [2.45, 2.75) is 10.8 Å². The van der Waals surface area contributed by atoms with Gasteiger partial charge in [-0.15, -0.1) is 0 Å². The summed E-state index contributed by atoms with van der Waals surface area (Å²) in [6, 6.07) is -2.61. The van der Waals surface area contributed by atoms with E-state index in [1.54, 1.807) is 0 Å². The Labute approximate surface area is 81.6 Å². The molecule has 84 valence electrons. The molecular weight excluding hydrogens is 289 g/mol. The van der Waals surface area contributed by atoms with Crippen molar-refractivity contribution >= 4 is 15.9 Å². The van der Waals surface area contributed by atoms with Crippen molar-refractivity contribution in [2.24, 2.45) is 0 Å². The lowest BCUT2D eigenvalue weighted by atomic mass is 10.4. The van der Waals surface area contributed by atoms with Crippen LogP contribution in [0, 0.1) is 0 Å². The molecule has 0 fully saturated rings. The number of hydrogen-bond donors (Lipinski definition) is 0. The first-order valence-corrected chi connectivity index (χ1v) is 3.65. The molecule has 0 radical (unpaired) electrons. The Morgan fingerprint density at radius 2 is 1.50 bits per heavy atom. The predicted octanol–water partition coefficient (Wildman–Crippen LogP) is 3.66. The summed E-state index contributed by atoms with van der Waals surface area (Å²) in [7, 11) is 0. The Morgan fingerprint density at radius 1 is 1.07 bits per heavy atom. The number of halogens is 8. The first-order chi connectivity index (χ1) is 6.08. The molecule has 0 aliphatic heterocycles. The first kappa shape index (κ1) is 13.5. The van der Waals surface area contributed by atoms with Gasteiger partial charge in [0.05, 0.1) is 0 Å². The molecule has 0 atom stereocenters. The van der Waals surface area contributed by atoms with Crippen LogP contribution in [0.5, 0.6) is 0 Å². The molecule has 0 heterocycles. The SMILES string of the molecule is FC(F)=C(F)OCC(F)(F)C(F)(F)Br. The van der Waals surface area contributed by atoms with Crippen molar-refractivity contribution in [3.63, 3.8) is 0 Å². The van der Waals surface area contributed by atoms with Gasteiger partial charge in [-0.2, -0.15) is 30.7 Å². The van der Waals surface area contributed by atoms with Gasteiger partial charge in [-0.25, -0.2) is 0 Å². The summed E-state index contributed by atoms with van der Waals surface area (Å²) < 4.78 is 85.5. The fourth-order valence-electron chi connectivity index (χ4n) is 0.290. The fraction of sp³-hybridized carbons (Fsp3) is 0.600. The topological polar surface area (TPSA) is 9.23 Å². The summed E-state index contributed by atoms with van der Waals surface area (Å²) >= 11 is 1.30. The zero-order valence-corrected chi connectivity index (χ0v) is 7.73. The average Bonchev–Trinajstić information content (AvgIpc) is 1.97. The van der Waals surface area contributed by atoms with Gasteiger partial charge in [0.1, 0.15) is 0 Å². The van der Waals surface area contributed by atoms with E-state index < -0.39 is 29.5 Å². The van der Waals surface area contributed by atoms with Crippen LogP contribution in [0.1, 0.15) is 0 Å². The van der Waals surface area contributed by atoms with Crippen LogP contribution >= 0.6 is 15.9 Å². The van der Waals surface area contributed by atoms with Crippen LogP contribution in [0.25, 0.3) is 0 Å². The molecule has 0 rings (SSSR count). The van der Waals surface area contributed by atoms with Gasteiger partial charge < -0.3 is 4.74 Å². The lowest BCUT2D eigenvalue weighted by Gasteiger charge is -2.20. The van der Waals surface area contributed by atoms with E-state index in [0.717, 1.165) is 0 Å². The number of hydrogen-bond acceptors (Lipinski definition) is 1. The standard InChI is InChI=1S/C5H2BrF7O/c6-5(12,13)4(10,11)1-14-3(9)2(7)8/h1H2. The van der Waals surface area contributed by atoms with E-state index in [1.165, 1.54) is 15.9 Å². The van der Waals surface area contributed by atoms with E-state index in [0.29, 0.717) is 0 Å². The largest absolute Gasteiger partial charge is 0.460 e. The zero-order chi connectivity index (χ0) is 11.6. The van der Waals surface area contributed by atoms with Crippen molar-refractivity contribution in [1.29, 1.82) is 0 Å². The normalized spacial score (nSPS) is 12.6. The number of ether oxygens (including phenoxy) is 1. The molecule has 0 aromatic heterocycles. The summed E-state index contributed by atoms with van der Waals surface area (Å²) in [6.07, 6.45) is -3.00. The van der Waals surface area contributed by atoms with Crippen molar-refractivity contribution in [3.8, 4) is 0 Å². The lowest BCUT2D eigenvalue weighted by molar-refractivity contribution is -0.178. The molecule has 9 heteroatoms. The van der Waals surface area contributed by atoms with Gasteiger partial charge in [0.2, 0.25) is 0 Å². The molecule has 1 nitrogen and oxygen atoms in total. The van der Waals surface area contributed by atoms with Crippen LogP contribution < -0.4 is 0 Å². The zero-order valence-electron chi connectivity index (χ0n) is 6.14. The number of alkyl halides is 5. The van der Waals surface area contributed by atoms with E-state index in [4.69, 9.17) is 0 Å². The van der Waals surface area contributed by atoms with Crippen LogP contribution in [-0.2, 0) is 4.74 Å². The summed E-state index contributed by atoms with van der Waals surface area (Å²) in [4.78, 5) is -4.66. The van der Waals surface area contributed by atoms with E-state index in [9.17, 15) is 30.7 Å². The van der Waals surface area contributed by atoms with Crippen LogP contribution in [0.15, 0.2) is 12.1 Å². The van der Waals surface area contributed by atoms with Gasteiger partial charge >= 0.3 is 22.8 Å². The molecule has 0 saturated heterocycles. The Hall–Kier alpha value is -0.470. The van der Waals surface area contributed by atoms with Gasteiger partial charge in [0.15, 0.2) is 6.61 Å². The van der Waals surface area contributed by atoms with Crippen molar-refractivity contribution in [3.05, 3.63) is 12.1 Å². The first-order valence-electron chi connectivity index (χ1n) is 2.86. The summed E-state index contributed by atoms with van der Waals surface area (Å²) in [6.45, 7) is -2.20. The summed E-state index contributed by atoms with van der Waals surface area (Å²) in [5, 5.41) is 0. The third kappa shape index (κ3) is 3.72. The van der Waals surface area contributed by atoms with Gasteiger partial charge in [0, 0.05) is 0 Å². The average molecular weight is 291 g/mol. The monoisotopic (exact) mass is 290 g/mol. The molecule has 0 aromatic carbocycles. The molecule has 0 N–H and O–H groups in total. The second-order valence-electron chi connectivity index (χ2n) is 2.02. The van der Waals surface area contributed by atoms with E-state index in [-0.39, 0.29) is 0 Å². The van der Waals surface area contributed by atoms with E-state index in [1.807, 2.05) is 0 Å². The Bertz CT molecular complexity index is 229. The van der Waals surface area contributed by atoms with Gasteiger partial charge in [0.25, 0.3) is 0 Å². The fourth-order valence-corrected chi connectivity index (χ4v) is 0.405. The molecule has 0 saturated carbocycles.